The fourth-order valence-corrected chi connectivity index (χ4v) is 4.90. The lowest BCUT2D eigenvalue weighted by Crippen LogP contribution is -2.30. The van der Waals surface area contributed by atoms with Crippen LogP contribution >= 0.6 is 11.8 Å². The van der Waals surface area contributed by atoms with Gasteiger partial charge >= 0.3 is 12.4 Å². The maximum Gasteiger partial charge on any atom is 0.573 e. The molecule has 10 nitrogen and oxygen atoms in total. The standard InChI is InChI=1S/C29H24F3N7O3S/c1-18(2)21-4-3-5-23(14-21)39-25(40)16-43-28(39)35-27(41)36-34-15-19-6-8-20(9-7-19)26-33-17-38(37-26)22-10-12-24(13-11-22)42-29(30,31)32/h3-15,17-18H,16H2,1-2H3,(H,36,41)/b34-15+,35-28-. The number of alkyl halides is 3. The molecule has 0 aliphatic carbocycles. The molecule has 1 aliphatic heterocycles. The van der Waals surface area contributed by atoms with E-state index in [-0.39, 0.29) is 28.5 Å². The van der Waals surface area contributed by atoms with Crippen LogP contribution in [0.25, 0.3) is 17.1 Å². The lowest BCUT2D eigenvalue weighted by molar-refractivity contribution is -0.274. The van der Waals surface area contributed by atoms with Crippen LogP contribution in [0.2, 0.25) is 0 Å². The number of hydrazone groups is 1. The first-order valence-corrected chi connectivity index (χ1v) is 13.9. The van der Waals surface area contributed by atoms with Gasteiger partial charge in [-0.2, -0.15) is 10.1 Å². The molecule has 3 amide bonds. The number of rotatable bonds is 7. The predicted octanol–water partition coefficient (Wildman–Crippen LogP) is 6.14. The van der Waals surface area contributed by atoms with Crippen LogP contribution in [0.15, 0.2) is 89.2 Å². The molecule has 0 bridgehead atoms. The molecule has 1 aliphatic rings. The molecule has 0 spiro atoms. The van der Waals surface area contributed by atoms with E-state index in [0.717, 1.165) is 5.56 Å². The van der Waals surface area contributed by atoms with Gasteiger partial charge in [0, 0.05) is 5.56 Å². The summed E-state index contributed by atoms with van der Waals surface area (Å²) in [7, 11) is 0. The maximum absolute atomic E-state index is 12.5. The first-order valence-electron chi connectivity index (χ1n) is 12.9. The number of carbonyl (C=O) groups is 2. The van der Waals surface area contributed by atoms with Crippen LogP contribution in [0, 0.1) is 0 Å². The van der Waals surface area contributed by atoms with E-state index in [9.17, 15) is 22.8 Å². The summed E-state index contributed by atoms with van der Waals surface area (Å²) in [5, 5.41) is 8.60. The Morgan fingerprint density at radius 1 is 1.07 bits per heavy atom. The zero-order valence-electron chi connectivity index (χ0n) is 22.8. The van der Waals surface area contributed by atoms with Gasteiger partial charge in [0.05, 0.1) is 23.3 Å². The van der Waals surface area contributed by atoms with Crippen molar-refractivity contribution in [3.8, 4) is 22.8 Å². The quantitative estimate of drug-likeness (QED) is 0.200. The highest BCUT2D eigenvalue weighted by Crippen LogP contribution is 2.29. The van der Waals surface area contributed by atoms with Crippen LogP contribution in [-0.2, 0) is 4.79 Å². The monoisotopic (exact) mass is 607 g/mol. The van der Waals surface area contributed by atoms with Crippen LogP contribution < -0.4 is 15.1 Å². The van der Waals surface area contributed by atoms with Crippen LogP contribution in [0.4, 0.5) is 23.7 Å². The summed E-state index contributed by atoms with van der Waals surface area (Å²) in [5.41, 5.74) is 5.94. The van der Waals surface area contributed by atoms with Crippen molar-refractivity contribution in [2.75, 3.05) is 10.7 Å². The lowest BCUT2D eigenvalue weighted by Gasteiger charge is -2.17. The van der Waals surface area contributed by atoms with Crippen molar-refractivity contribution in [1.82, 2.24) is 20.2 Å². The van der Waals surface area contributed by atoms with Crippen molar-refractivity contribution in [3.05, 3.63) is 90.3 Å². The number of ether oxygens (including phenoxy) is 1. The van der Waals surface area contributed by atoms with Gasteiger partial charge in [0.15, 0.2) is 11.0 Å². The third-order valence-corrected chi connectivity index (χ3v) is 7.05. The molecule has 1 fully saturated rings. The Labute approximate surface area is 248 Å². The van der Waals surface area contributed by atoms with Gasteiger partial charge in [0.2, 0.25) is 5.91 Å². The molecule has 0 radical (unpaired) electrons. The number of halogens is 3. The molecule has 220 valence electrons. The molecule has 3 aromatic carbocycles. The van der Waals surface area contributed by atoms with E-state index in [4.69, 9.17) is 0 Å². The van der Waals surface area contributed by atoms with Crippen molar-refractivity contribution in [2.24, 2.45) is 10.1 Å². The van der Waals surface area contributed by atoms with E-state index in [0.29, 0.717) is 28.3 Å². The molecule has 1 aromatic heterocycles. The van der Waals surface area contributed by atoms with Crippen molar-refractivity contribution in [3.63, 3.8) is 0 Å². The summed E-state index contributed by atoms with van der Waals surface area (Å²) in [5.74, 6) is 0.370. The molecule has 4 aromatic rings. The van der Waals surface area contributed by atoms with Crippen molar-refractivity contribution in [1.29, 1.82) is 0 Å². The van der Waals surface area contributed by atoms with Gasteiger partial charge in [-0.3, -0.25) is 9.69 Å². The number of carbonyl (C=O) groups excluding carboxylic acids is 2. The molecule has 1 saturated heterocycles. The van der Waals surface area contributed by atoms with Gasteiger partial charge in [-0.15, -0.1) is 18.3 Å². The van der Waals surface area contributed by atoms with Gasteiger partial charge in [0.1, 0.15) is 12.1 Å². The molecule has 14 heteroatoms. The molecular formula is C29H24F3N7O3S. The van der Waals surface area contributed by atoms with Gasteiger partial charge in [-0.1, -0.05) is 62.0 Å². The molecule has 1 N–H and O–H groups in total. The first kappa shape index (κ1) is 29.5. The zero-order chi connectivity index (χ0) is 30.6. The normalized spacial score (nSPS) is 14.7. The summed E-state index contributed by atoms with van der Waals surface area (Å²) < 4.78 is 42.4. The van der Waals surface area contributed by atoms with Crippen molar-refractivity contribution < 1.29 is 27.5 Å². The Hall–Kier alpha value is -4.98. The number of amides is 3. The number of hydrogen-bond donors (Lipinski definition) is 1. The number of aliphatic imine (C=N–C) groups is 1. The number of hydrogen-bond acceptors (Lipinski definition) is 7. The Morgan fingerprint density at radius 3 is 2.51 bits per heavy atom. The number of thioether (sulfide) groups is 1. The second-order valence-corrected chi connectivity index (χ2v) is 10.5. The lowest BCUT2D eigenvalue weighted by atomic mass is 10.0. The van der Waals surface area contributed by atoms with Crippen molar-refractivity contribution in [2.45, 2.75) is 26.1 Å². The minimum Gasteiger partial charge on any atom is -0.406 e. The number of urea groups is 1. The van der Waals surface area contributed by atoms with E-state index in [1.807, 2.05) is 18.2 Å². The van der Waals surface area contributed by atoms with Gasteiger partial charge < -0.3 is 4.74 Å². The zero-order valence-corrected chi connectivity index (χ0v) is 23.6. The maximum atomic E-state index is 12.5. The van der Waals surface area contributed by atoms with Crippen molar-refractivity contribution >= 4 is 40.8 Å². The molecule has 43 heavy (non-hydrogen) atoms. The highest BCUT2D eigenvalue weighted by Gasteiger charge is 2.31. The van der Waals surface area contributed by atoms with Crippen LogP contribution in [0.5, 0.6) is 5.75 Å². The highest BCUT2D eigenvalue weighted by atomic mass is 32.2. The molecule has 0 unspecified atom stereocenters. The number of amidine groups is 1. The fourth-order valence-electron chi connectivity index (χ4n) is 4.03. The molecule has 2 heterocycles. The van der Waals surface area contributed by atoms with E-state index in [1.165, 1.54) is 58.2 Å². The Kier molecular flexibility index (Phi) is 8.57. The summed E-state index contributed by atoms with van der Waals surface area (Å²) in [6, 6.07) is 19.1. The third-order valence-electron chi connectivity index (χ3n) is 6.13. The Morgan fingerprint density at radius 2 is 1.81 bits per heavy atom. The predicted molar refractivity (Wildman–Crippen MR) is 158 cm³/mol. The summed E-state index contributed by atoms with van der Waals surface area (Å²) in [6.45, 7) is 4.12. The second kappa shape index (κ2) is 12.5. The Balaban J connectivity index is 1.19. The number of nitrogens with zero attached hydrogens (tertiary/aromatic N) is 6. The van der Waals surface area contributed by atoms with E-state index >= 15 is 0 Å². The summed E-state index contributed by atoms with van der Waals surface area (Å²) in [4.78, 5) is 34.7. The molecule has 0 saturated carbocycles. The number of aromatic nitrogens is 3. The van der Waals surface area contributed by atoms with Crippen LogP contribution in [-0.4, -0.2) is 50.2 Å². The van der Waals surface area contributed by atoms with Gasteiger partial charge in [-0.05, 0) is 53.4 Å². The number of anilines is 1. The van der Waals surface area contributed by atoms with E-state index in [2.05, 4.69) is 44.2 Å². The average Bonchev–Trinajstić information content (AvgIpc) is 3.60. The molecule has 0 atom stereocenters. The SMILES string of the molecule is CC(C)c1cccc(N2C(=O)CS/C2=N\C(=O)N/N=C/c2ccc(-c3ncn(-c4ccc(OC(F)(F)F)cc4)n3)cc2)c1. The smallest absolute Gasteiger partial charge is 0.406 e. The Bertz CT molecular complexity index is 1680. The largest absolute Gasteiger partial charge is 0.573 e. The van der Waals surface area contributed by atoms with Crippen LogP contribution in [0.1, 0.15) is 30.9 Å². The highest BCUT2D eigenvalue weighted by molar-refractivity contribution is 8.15. The summed E-state index contributed by atoms with van der Waals surface area (Å²) >= 11 is 1.18. The van der Waals surface area contributed by atoms with Gasteiger partial charge in [-0.25, -0.2) is 19.9 Å². The first-order chi connectivity index (χ1) is 20.6. The van der Waals surface area contributed by atoms with E-state index in [1.54, 1.807) is 30.3 Å². The minimum absolute atomic E-state index is 0.159. The van der Waals surface area contributed by atoms with E-state index < -0.39 is 12.4 Å². The average molecular weight is 608 g/mol. The summed E-state index contributed by atoms with van der Waals surface area (Å²) in [6.07, 6.45) is -1.88. The van der Waals surface area contributed by atoms with Gasteiger partial charge in [0.25, 0.3) is 0 Å². The fraction of sp³-hybridized carbons (Fsp3) is 0.172. The number of nitrogens with one attached hydrogen (secondary N) is 1. The third kappa shape index (κ3) is 7.46. The molecular weight excluding hydrogens is 583 g/mol. The second-order valence-electron chi connectivity index (χ2n) is 9.51. The minimum atomic E-state index is -4.77. The molecule has 5 rings (SSSR count). The number of benzene rings is 3. The topological polar surface area (TPSA) is 114 Å². The van der Waals surface area contributed by atoms with Crippen LogP contribution in [0.3, 0.4) is 0 Å².